The minimum Gasteiger partial charge on any atom is -0.327 e. The highest BCUT2D eigenvalue weighted by atomic mass is 16.2. The SMILES string of the molecule is N#CC1CCCCN1C(=O)CC1CC1. The van der Waals surface area contributed by atoms with Gasteiger partial charge in [0.2, 0.25) is 5.91 Å². The van der Waals surface area contributed by atoms with Crippen LogP contribution in [0.5, 0.6) is 0 Å². The van der Waals surface area contributed by atoms with Gasteiger partial charge in [-0.15, -0.1) is 0 Å². The summed E-state index contributed by atoms with van der Waals surface area (Å²) in [6.07, 6.45) is 6.11. The molecule has 1 atom stereocenters. The third kappa shape index (κ3) is 2.06. The number of piperidine rings is 1. The van der Waals surface area contributed by atoms with E-state index in [0.29, 0.717) is 12.3 Å². The molecule has 2 aliphatic rings. The average molecular weight is 192 g/mol. The minimum atomic E-state index is -0.144. The standard InChI is InChI=1S/C11H16N2O/c12-8-10-3-1-2-6-13(10)11(14)7-9-4-5-9/h9-10H,1-7H2. The van der Waals surface area contributed by atoms with Gasteiger partial charge in [-0.25, -0.2) is 0 Å². The van der Waals surface area contributed by atoms with Crippen LogP contribution in [0.2, 0.25) is 0 Å². The lowest BCUT2D eigenvalue weighted by Crippen LogP contribution is -2.43. The van der Waals surface area contributed by atoms with Crippen LogP contribution in [0.1, 0.15) is 38.5 Å². The first-order valence-electron chi connectivity index (χ1n) is 5.50. The van der Waals surface area contributed by atoms with Crippen LogP contribution in [0, 0.1) is 17.2 Å². The number of likely N-dealkylation sites (tertiary alicyclic amines) is 1. The van der Waals surface area contributed by atoms with Gasteiger partial charge in [0.15, 0.2) is 0 Å². The Morgan fingerprint density at radius 2 is 2.14 bits per heavy atom. The maximum atomic E-state index is 11.8. The Labute approximate surface area is 84.7 Å². The van der Waals surface area contributed by atoms with Gasteiger partial charge in [0.25, 0.3) is 0 Å². The summed E-state index contributed by atoms with van der Waals surface area (Å²) in [6.45, 7) is 0.795. The van der Waals surface area contributed by atoms with E-state index in [-0.39, 0.29) is 11.9 Å². The molecule has 1 unspecified atom stereocenters. The number of hydrogen-bond donors (Lipinski definition) is 0. The molecule has 14 heavy (non-hydrogen) atoms. The normalized spacial score (nSPS) is 27.1. The minimum absolute atomic E-state index is 0.144. The molecule has 2 fully saturated rings. The molecule has 0 aromatic heterocycles. The number of carbonyl (C=O) groups excluding carboxylic acids is 1. The number of nitrogens with zero attached hydrogens (tertiary/aromatic N) is 2. The van der Waals surface area contributed by atoms with E-state index >= 15 is 0 Å². The number of nitriles is 1. The fourth-order valence-corrected chi connectivity index (χ4v) is 2.05. The molecule has 3 heteroatoms. The lowest BCUT2D eigenvalue weighted by atomic mass is 10.0. The molecule has 2 rings (SSSR count). The summed E-state index contributed by atoms with van der Waals surface area (Å²) in [6, 6.07) is 2.09. The summed E-state index contributed by atoms with van der Waals surface area (Å²) in [5.41, 5.74) is 0. The summed E-state index contributed by atoms with van der Waals surface area (Å²) >= 11 is 0. The molecule has 0 spiro atoms. The van der Waals surface area contributed by atoms with Gasteiger partial charge < -0.3 is 4.90 Å². The third-order valence-electron chi connectivity index (χ3n) is 3.13. The van der Waals surface area contributed by atoms with Gasteiger partial charge in [-0.1, -0.05) is 0 Å². The van der Waals surface area contributed by atoms with Crippen LogP contribution in [0.25, 0.3) is 0 Å². The topological polar surface area (TPSA) is 44.1 Å². The Hall–Kier alpha value is -1.04. The van der Waals surface area contributed by atoms with Crippen molar-refractivity contribution in [3.05, 3.63) is 0 Å². The maximum absolute atomic E-state index is 11.8. The molecule has 1 aliphatic carbocycles. The van der Waals surface area contributed by atoms with Crippen molar-refractivity contribution >= 4 is 5.91 Å². The molecular formula is C11H16N2O. The molecule has 1 aliphatic heterocycles. The summed E-state index contributed by atoms with van der Waals surface area (Å²) in [5, 5.41) is 8.92. The van der Waals surface area contributed by atoms with Crippen LogP contribution in [0.4, 0.5) is 0 Å². The van der Waals surface area contributed by atoms with Crippen molar-refractivity contribution < 1.29 is 4.79 Å². The Kier molecular flexibility index (Phi) is 2.72. The molecule has 0 radical (unpaired) electrons. The highest BCUT2D eigenvalue weighted by Crippen LogP contribution is 2.33. The molecule has 0 bridgehead atoms. The molecule has 76 valence electrons. The van der Waals surface area contributed by atoms with Crippen molar-refractivity contribution in [2.75, 3.05) is 6.54 Å². The number of carbonyl (C=O) groups is 1. The van der Waals surface area contributed by atoms with E-state index in [4.69, 9.17) is 5.26 Å². The zero-order chi connectivity index (χ0) is 9.97. The zero-order valence-corrected chi connectivity index (χ0v) is 8.41. The smallest absolute Gasteiger partial charge is 0.223 e. The van der Waals surface area contributed by atoms with Crippen molar-refractivity contribution in [2.45, 2.75) is 44.6 Å². The fourth-order valence-electron chi connectivity index (χ4n) is 2.05. The zero-order valence-electron chi connectivity index (χ0n) is 8.41. The molecule has 0 aromatic rings. The number of hydrogen-bond acceptors (Lipinski definition) is 2. The van der Waals surface area contributed by atoms with Crippen molar-refractivity contribution in [3.8, 4) is 6.07 Å². The lowest BCUT2D eigenvalue weighted by Gasteiger charge is -2.31. The summed E-state index contributed by atoms with van der Waals surface area (Å²) < 4.78 is 0. The van der Waals surface area contributed by atoms with E-state index in [0.717, 1.165) is 25.8 Å². The predicted octanol–water partition coefficient (Wildman–Crippen LogP) is 1.69. The van der Waals surface area contributed by atoms with Crippen LogP contribution in [0.3, 0.4) is 0 Å². The van der Waals surface area contributed by atoms with Gasteiger partial charge in [-0.2, -0.15) is 5.26 Å². The first-order chi connectivity index (χ1) is 6.81. The molecule has 0 aromatic carbocycles. The molecule has 1 saturated carbocycles. The maximum Gasteiger partial charge on any atom is 0.223 e. The van der Waals surface area contributed by atoms with Crippen molar-refractivity contribution in [1.82, 2.24) is 4.90 Å². The van der Waals surface area contributed by atoms with E-state index in [1.54, 1.807) is 4.90 Å². The van der Waals surface area contributed by atoms with E-state index in [2.05, 4.69) is 6.07 Å². The average Bonchev–Trinajstić information content (AvgIpc) is 3.01. The lowest BCUT2D eigenvalue weighted by molar-refractivity contribution is -0.133. The predicted molar refractivity (Wildman–Crippen MR) is 52.3 cm³/mol. The Morgan fingerprint density at radius 1 is 1.36 bits per heavy atom. The monoisotopic (exact) mass is 192 g/mol. The largest absolute Gasteiger partial charge is 0.327 e. The molecule has 0 N–H and O–H groups in total. The second-order valence-corrected chi connectivity index (χ2v) is 4.38. The Balaban J connectivity index is 1.92. The van der Waals surface area contributed by atoms with E-state index in [1.807, 2.05) is 0 Å². The first kappa shape index (κ1) is 9.51. The molecule has 1 saturated heterocycles. The first-order valence-corrected chi connectivity index (χ1v) is 5.50. The van der Waals surface area contributed by atoms with Gasteiger partial charge in [0.1, 0.15) is 6.04 Å². The van der Waals surface area contributed by atoms with Crippen molar-refractivity contribution in [2.24, 2.45) is 5.92 Å². The third-order valence-corrected chi connectivity index (χ3v) is 3.13. The number of rotatable bonds is 2. The van der Waals surface area contributed by atoms with Crippen LogP contribution >= 0.6 is 0 Å². The van der Waals surface area contributed by atoms with E-state index in [9.17, 15) is 4.79 Å². The second-order valence-electron chi connectivity index (χ2n) is 4.38. The Bertz CT molecular complexity index is 265. The van der Waals surface area contributed by atoms with Gasteiger partial charge in [0, 0.05) is 13.0 Å². The second kappa shape index (κ2) is 4.00. The van der Waals surface area contributed by atoms with Gasteiger partial charge >= 0.3 is 0 Å². The van der Waals surface area contributed by atoms with E-state index < -0.39 is 0 Å². The fraction of sp³-hybridized carbons (Fsp3) is 0.818. The molecule has 1 heterocycles. The summed E-state index contributed by atoms with van der Waals surface area (Å²) in [7, 11) is 0. The van der Waals surface area contributed by atoms with Crippen molar-refractivity contribution in [1.29, 1.82) is 5.26 Å². The number of amides is 1. The highest BCUT2D eigenvalue weighted by molar-refractivity contribution is 5.77. The molecule has 1 amide bonds. The molecule has 3 nitrogen and oxygen atoms in total. The Morgan fingerprint density at radius 3 is 2.79 bits per heavy atom. The van der Waals surface area contributed by atoms with Crippen molar-refractivity contribution in [3.63, 3.8) is 0 Å². The van der Waals surface area contributed by atoms with Crippen LogP contribution < -0.4 is 0 Å². The van der Waals surface area contributed by atoms with Crippen LogP contribution in [-0.4, -0.2) is 23.4 Å². The summed E-state index contributed by atoms with van der Waals surface area (Å²) in [4.78, 5) is 13.6. The molecular weight excluding hydrogens is 176 g/mol. The van der Waals surface area contributed by atoms with Crippen LogP contribution in [0.15, 0.2) is 0 Å². The van der Waals surface area contributed by atoms with Gasteiger partial charge in [0.05, 0.1) is 6.07 Å². The summed E-state index contributed by atoms with van der Waals surface area (Å²) in [5.74, 6) is 0.836. The van der Waals surface area contributed by atoms with Gasteiger partial charge in [-0.3, -0.25) is 4.79 Å². The highest BCUT2D eigenvalue weighted by Gasteiger charge is 2.31. The quantitative estimate of drug-likeness (QED) is 0.668. The van der Waals surface area contributed by atoms with E-state index in [1.165, 1.54) is 12.8 Å². The van der Waals surface area contributed by atoms with Gasteiger partial charge in [-0.05, 0) is 38.0 Å². The van der Waals surface area contributed by atoms with Crippen LogP contribution in [-0.2, 0) is 4.79 Å².